The lowest BCUT2D eigenvalue weighted by Gasteiger charge is -2.24. The van der Waals surface area contributed by atoms with Crippen LogP contribution in [0.15, 0.2) is 16.7 Å². The Morgan fingerprint density at radius 3 is 2.82 bits per heavy atom. The molecule has 1 N–H and O–H groups in total. The van der Waals surface area contributed by atoms with Crippen LogP contribution in [0.5, 0.6) is 0 Å². The summed E-state index contributed by atoms with van der Waals surface area (Å²) in [6.45, 7) is 4.42. The summed E-state index contributed by atoms with van der Waals surface area (Å²) in [4.78, 5) is 4.48. The topological polar surface area (TPSA) is 24.9 Å². The molecule has 0 aliphatic heterocycles. The van der Waals surface area contributed by atoms with Crippen LogP contribution in [0.4, 0.5) is 5.82 Å². The summed E-state index contributed by atoms with van der Waals surface area (Å²) in [5, 5.41) is 3.61. The monoisotopic (exact) mass is 296 g/mol. The molecule has 1 saturated carbocycles. The number of nitrogens with one attached hydrogen (secondary N) is 1. The first-order valence-electron chi connectivity index (χ1n) is 6.55. The lowest BCUT2D eigenvalue weighted by atomic mass is 9.97. The van der Waals surface area contributed by atoms with E-state index in [9.17, 15) is 0 Å². The molecule has 2 atom stereocenters. The van der Waals surface area contributed by atoms with Crippen molar-refractivity contribution in [3.05, 3.63) is 22.3 Å². The van der Waals surface area contributed by atoms with E-state index in [2.05, 4.69) is 46.1 Å². The fourth-order valence-corrected chi connectivity index (χ4v) is 3.10. The third-order valence-electron chi connectivity index (χ3n) is 3.66. The largest absolute Gasteiger partial charge is 0.366 e. The summed E-state index contributed by atoms with van der Waals surface area (Å²) >= 11 is 3.59. The van der Waals surface area contributed by atoms with E-state index >= 15 is 0 Å². The van der Waals surface area contributed by atoms with Gasteiger partial charge in [0.2, 0.25) is 0 Å². The lowest BCUT2D eigenvalue weighted by Crippen LogP contribution is -2.26. The minimum absolute atomic E-state index is 0.573. The van der Waals surface area contributed by atoms with Crippen molar-refractivity contribution in [2.45, 2.75) is 52.0 Å². The number of halogens is 1. The molecular formula is C14H21BrN2. The van der Waals surface area contributed by atoms with Gasteiger partial charge in [-0.2, -0.15) is 0 Å². The van der Waals surface area contributed by atoms with Crippen LogP contribution in [0.25, 0.3) is 0 Å². The maximum absolute atomic E-state index is 4.48. The van der Waals surface area contributed by atoms with E-state index in [1.54, 1.807) is 0 Å². The van der Waals surface area contributed by atoms with Gasteiger partial charge in [-0.15, -0.1) is 0 Å². The zero-order chi connectivity index (χ0) is 12.3. The predicted octanol–water partition coefficient (Wildman–Crippen LogP) is 4.53. The first kappa shape index (κ1) is 12.9. The van der Waals surface area contributed by atoms with Gasteiger partial charge in [-0.1, -0.05) is 26.2 Å². The van der Waals surface area contributed by atoms with Gasteiger partial charge in [0.1, 0.15) is 5.82 Å². The van der Waals surface area contributed by atoms with E-state index < -0.39 is 0 Å². The summed E-state index contributed by atoms with van der Waals surface area (Å²) < 4.78 is 1.08. The average molecular weight is 297 g/mol. The lowest BCUT2D eigenvalue weighted by molar-refractivity contribution is 0.455. The third-order valence-corrected chi connectivity index (χ3v) is 4.27. The Balaban J connectivity index is 2.08. The molecule has 1 fully saturated rings. The number of pyridine rings is 1. The van der Waals surface area contributed by atoms with Crippen molar-refractivity contribution >= 4 is 21.7 Å². The Morgan fingerprint density at radius 2 is 2.06 bits per heavy atom. The van der Waals surface area contributed by atoms with Gasteiger partial charge in [0, 0.05) is 12.2 Å². The fourth-order valence-electron chi connectivity index (χ4n) is 2.52. The summed E-state index contributed by atoms with van der Waals surface area (Å²) in [5.41, 5.74) is 1.19. The molecule has 0 aromatic carbocycles. The molecule has 3 heteroatoms. The van der Waals surface area contributed by atoms with Crippen LogP contribution >= 0.6 is 15.9 Å². The third kappa shape index (κ3) is 3.44. The molecule has 17 heavy (non-hydrogen) atoms. The Bertz CT molecular complexity index is 378. The molecule has 0 radical (unpaired) electrons. The number of rotatable bonds is 2. The van der Waals surface area contributed by atoms with E-state index in [4.69, 9.17) is 0 Å². The second-order valence-electron chi connectivity index (χ2n) is 5.21. The van der Waals surface area contributed by atoms with Crippen molar-refractivity contribution in [3.63, 3.8) is 0 Å². The number of hydrogen-bond acceptors (Lipinski definition) is 2. The molecule has 0 bridgehead atoms. The Labute approximate surface area is 112 Å². The van der Waals surface area contributed by atoms with Crippen LogP contribution < -0.4 is 5.32 Å². The van der Waals surface area contributed by atoms with Crippen LogP contribution in [-0.2, 0) is 0 Å². The summed E-state index contributed by atoms with van der Waals surface area (Å²) in [5.74, 6) is 1.74. The van der Waals surface area contributed by atoms with E-state index in [0.717, 1.165) is 16.2 Å². The van der Waals surface area contributed by atoms with Gasteiger partial charge in [0.15, 0.2) is 0 Å². The van der Waals surface area contributed by atoms with E-state index in [-0.39, 0.29) is 0 Å². The zero-order valence-electron chi connectivity index (χ0n) is 10.7. The van der Waals surface area contributed by atoms with Gasteiger partial charge in [-0.3, -0.25) is 0 Å². The van der Waals surface area contributed by atoms with E-state index in [1.807, 2.05) is 6.20 Å². The van der Waals surface area contributed by atoms with Gasteiger partial charge in [-0.05, 0) is 53.2 Å². The van der Waals surface area contributed by atoms with Gasteiger partial charge < -0.3 is 5.32 Å². The molecule has 2 rings (SSSR count). The molecule has 1 aromatic rings. The number of aromatic nitrogens is 1. The summed E-state index contributed by atoms with van der Waals surface area (Å²) in [7, 11) is 0. The number of nitrogens with zero attached hydrogens (tertiary/aromatic N) is 1. The second-order valence-corrected chi connectivity index (χ2v) is 6.06. The molecule has 0 amide bonds. The quantitative estimate of drug-likeness (QED) is 0.811. The maximum Gasteiger partial charge on any atom is 0.140 e. The first-order valence-corrected chi connectivity index (χ1v) is 7.35. The highest BCUT2D eigenvalue weighted by atomic mass is 79.9. The summed E-state index contributed by atoms with van der Waals surface area (Å²) in [6, 6.07) is 2.69. The normalized spacial score (nSPS) is 25.4. The molecule has 1 aliphatic rings. The van der Waals surface area contributed by atoms with Crippen molar-refractivity contribution in [1.82, 2.24) is 4.98 Å². The SMILES string of the molecule is Cc1cnc(NC2CCCCCC2C)c(Br)c1. The number of anilines is 1. The minimum Gasteiger partial charge on any atom is -0.366 e. The Morgan fingerprint density at radius 1 is 1.29 bits per heavy atom. The molecular weight excluding hydrogens is 276 g/mol. The first-order chi connectivity index (χ1) is 8.16. The van der Waals surface area contributed by atoms with Gasteiger partial charge in [-0.25, -0.2) is 4.98 Å². The fraction of sp³-hybridized carbons (Fsp3) is 0.643. The number of hydrogen-bond donors (Lipinski definition) is 1. The maximum atomic E-state index is 4.48. The van der Waals surface area contributed by atoms with E-state index in [1.165, 1.54) is 37.7 Å². The standard InChI is InChI=1S/C14H21BrN2/c1-10-8-12(15)14(16-9-10)17-13-7-5-3-4-6-11(13)2/h8-9,11,13H,3-7H2,1-2H3,(H,16,17). The average Bonchev–Trinajstić information content (AvgIpc) is 2.48. The van der Waals surface area contributed by atoms with Crippen LogP contribution in [0.2, 0.25) is 0 Å². The highest BCUT2D eigenvalue weighted by Gasteiger charge is 2.20. The second kappa shape index (κ2) is 5.85. The molecule has 0 saturated heterocycles. The molecule has 2 unspecified atom stereocenters. The molecule has 1 heterocycles. The Kier molecular flexibility index (Phi) is 4.43. The van der Waals surface area contributed by atoms with E-state index in [0.29, 0.717) is 6.04 Å². The Hall–Kier alpha value is -0.570. The van der Waals surface area contributed by atoms with Crippen LogP contribution in [0.3, 0.4) is 0 Å². The van der Waals surface area contributed by atoms with Crippen molar-refractivity contribution in [3.8, 4) is 0 Å². The van der Waals surface area contributed by atoms with Gasteiger partial charge in [0.05, 0.1) is 4.47 Å². The van der Waals surface area contributed by atoms with Crippen molar-refractivity contribution < 1.29 is 0 Å². The van der Waals surface area contributed by atoms with Crippen LogP contribution in [-0.4, -0.2) is 11.0 Å². The molecule has 0 spiro atoms. The van der Waals surface area contributed by atoms with Crippen molar-refractivity contribution in [1.29, 1.82) is 0 Å². The summed E-state index contributed by atoms with van der Waals surface area (Å²) in [6.07, 6.45) is 8.62. The van der Waals surface area contributed by atoms with Gasteiger partial charge >= 0.3 is 0 Å². The highest BCUT2D eigenvalue weighted by Crippen LogP contribution is 2.28. The van der Waals surface area contributed by atoms with Gasteiger partial charge in [0.25, 0.3) is 0 Å². The molecule has 1 aliphatic carbocycles. The number of aryl methyl sites for hydroxylation is 1. The minimum atomic E-state index is 0.573. The van der Waals surface area contributed by atoms with Crippen LogP contribution in [0.1, 0.15) is 44.6 Å². The molecule has 1 aromatic heterocycles. The molecule has 2 nitrogen and oxygen atoms in total. The smallest absolute Gasteiger partial charge is 0.140 e. The van der Waals surface area contributed by atoms with Crippen LogP contribution in [0, 0.1) is 12.8 Å². The zero-order valence-corrected chi connectivity index (χ0v) is 12.3. The van der Waals surface area contributed by atoms with Crippen molar-refractivity contribution in [2.75, 3.05) is 5.32 Å². The molecule has 94 valence electrons. The highest BCUT2D eigenvalue weighted by molar-refractivity contribution is 9.10. The van der Waals surface area contributed by atoms with Crippen molar-refractivity contribution in [2.24, 2.45) is 5.92 Å². The predicted molar refractivity (Wildman–Crippen MR) is 76.3 cm³/mol.